The molecule has 0 aromatic heterocycles. The Balaban J connectivity index is 2.04. The Morgan fingerprint density at radius 2 is 1.86 bits per heavy atom. The van der Waals surface area contributed by atoms with Gasteiger partial charge in [-0.25, -0.2) is 0 Å². The molecule has 0 amide bonds. The third kappa shape index (κ3) is 4.98. The molecular formula is C18H29ClN2. The van der Waals surface area contributed by atoms with Crippen molar-refractivity contribution in [3.05, 3.63) is 34.9 Å². The highest BCUT2D eigenvalue weighted by atomic mass is 35.5. The molecule has 1 saturated heterocycles. The second-order valence-electron chi connectivity index (χ2n) is 7.10. The van der Waals surface area contributed by atoms with Gasteiger partial charge in [-0.15, -0.1) is 0 Å². The highest BCUT2D eigenvalue weighted by Gasteiger charge is 2.29. The van der Waals surface area contributed by atoms with Crippen LogP contribution in [-0.4, -0.2) is 30.1 Å². The van der Waals surface area contributed by atoms with Crippen molar-refractivity contribution in [3.8, 4) is 0 Å². The van der Waals surface area contributed by atoms with Crippen molar-refractivity contribution in [2.75, 3.05) is 13.1 Å². The van der Waals surface area contributed by atoms with Gasteiger partial charge in [0.15, 0.2) is 0 Å². The van der Waals surface area contributed by atoms with E-state index in [1.165, 1.54) is 12.0 Å². The van der Waals surface area contributed by atoms with Crippen molar-refractivity contribution in [1.82, 2.24) is 10.2 Å². The normalized spacial score (nSPS) is 24.0. The predicted octanol–water partition coefficient (Wildman–Crippen LogP) is 4.18. The van der Waals surface area contributed by atoms with Gasteiger partial charge in [-0.05, 0) is 36.0 Å². The molecule has 0 radical (unpaired) electrons. The Hall–Kier alpha value is -0.570. The van der Waals surface area contributed by atoms with E-state index < -0.39 is 0 Å². The topological polar surface area (TPSA) is 15.3 Å². The summed E-state index contributed by atoms with van der Waals surface area (Å²) in [5, 5.41) is 4.56. The van der Waals surface area contributed by atoms with Crippen LogP contribution in [0.25, 0.3) is 0 Å². The van der Waals surface area contributed by atoms with E-state index >= 15 is 0 Å². The minimum atomic E-state index is 0.615. The van der Waals surface area contributed by atoms with Gasteiger partial charge >= 0.3 is 0 Å². The van der Waals surface area contributed by atoms with E-state index in [0.29, 0.717) is 18.0 Å². The molecule has 1 aromatic rings. The van der Waals surface area contributed by atoms with E-state index in [-0.39, 0.29) is 0 Å². The molecule has 2 unspecified atom stereocenters. The van der Waals surface area contributed by atoms with E-state index in [1.54, 1.807) is 0 Å². The zero-order valence-corrected chi connectivity index (χ0v) is 14.5. The lowest BCUT2D eigenvalue weighted by Crippen LogP contribution is -2.58. The zero-order chi connectivity index (χ0) is 15.4. The van der Waals surface area contributed by atoms with E-state index in [9.17, 15) is 0 Å². The first-order chi connectivity index (χ1) is 9.95. The lowest BCUT2D eigenvalue weighted by atomic mass is 9.94. The van der Waals surface area contributed by atoms with Crippen molar-refractivity contribution < 1.29 is 0 Å². The van der Waals surface area contributed by atoms with Gasteiger partial charge in [0, 0.05) is 36.7 Å². The summed E-state index contributed by atoms with van der Waals surface area (Å²) >= 11 is 5.99. The number of nitrogens with one attached hydrogen (secondary N) is 1. The Morgan fingerprint density at radius 3 is 2.43 bits per heavy atom. The Labute approximate surface area is 134 Å². The fraction of sp³-hybridized carbons (Fsp3) is 0.667. The van der Waals surface area contributed by atoms with Crippen LogP contribution < -0.4 is 5.32 Å². The van der Waals surface area contributed by atoms with Gasteiger partial charge in [0.05, 0.1) is 0 Å². The first-order valence-corrected chi connectivity index (χ1v) is 8.55. The van der Waals surface area contributed by atoms with E-state index in [4.69, 9.17) is 11.6 Å². The third-order valence-electron chi connectivity index (χ3n) is 4.36. The van der Waals surface area contributed by atoms with Crippen molar-refractivity contribution >= 4 is 11.6 Å². The molecule has 0 bridgehead atoms. The number of benzene rings is 1. The summed E-state index contributed by atoms with van der Waals surface area (Å²) in [4.78, 5) is 2.65. The molecule has 0 aliphatic carbocycles. The smallest absolute Gasteiger partial charge is 0.0406 e. The second kappa shape index (κ2) is 7.62. The number of hydrogen-bond acceptors (Lipinski definition) is 2. The number of nitrogens with zero attached hydrogens (tertiary/aromatic N) is 1. The number of halogens is 1. The van der Waals surface area contributed by atoms with Gasteiger partial charge in [-0.3, -0.25) is 4.90 Å². The van der Waals surface area contributed by atoms with Crippen LogP contribution in [0.15, 0.2) is 24.3 Å². The summed E-state index contributed by atoms with van der Waals surface area (Å²) < 4.78 is 0. The predicted molar refractivity (Wildman–Crippen MR) is 91.7 cm³/mol. The Bertz CT molecular complexity index is 427. The lowest BCUT2D eigenvalue weighted by molar-refractivity contribution is 0.0852. The molecule has 1 fully saturated rings. The average Bonchev–Trinajstić information content (AvgIpc) is 2.40. The Morgan fingerprint density at radius 1 is 1.19 bits per heavy atom. The molecular weight excluding hydrogens is 280 g/mol. The van der Waals surface area contributed by atoms with Crippen LogP contribution in [0.1, 0.15) is 39.7 Å². The molecule has 3 heteroatoms. The molecule has 21 heavy (non-hydrogen) atoms. The molecule has 1 N–H and O–H groups in total. The molecule has 0 saturated carbocycles. The molecule has 1 aliphatic rings. The van der Waals surface area contributed by atoms with Crippen LogP contribution >= 0.6 is 11.6 Å². The highest BCUT2D eigenvalue weighted by molar-refractivity contribution is 6.30. The second-order valence-corrected chi connectivity index (χ2v) is 7.54. The van der Waals surface area contributed by atoms with Crippen molar-refractivity contribution in [1.29, 1.82) is 0 Å². The number of hydrogen-bond donors (Lipinski definition) is 1. The number of piperazine rings is 1. The zero-order valence-electron chi connectivity index (χ0n) is 13.8. The molecule has 2 nitrogen and oxygen atoms in total. The maximum absolute atomic E-state index is 5.99. The van der Waals surface area contributed by atoms with Crippen molar-refractivity contribution in [3.63, 3.8) is 0 Å². The van der Waals surface area contributed by atoms with Crippen LogP contribution in [0, 0.1) is 11.8 Å². The SMILES string of the molecule is CC(C)CC1CN(Cc2ccc(Cl)cc2)C(C(C)C)CN1. The lowest BCUT2D eigenvalue weighted by Gasteiger charge is -2.43. The minimum Gasteiger partial charge on any atom is -0.311 e. The maximum atomic E-state index is 5.99. The summed E-state index contributed by atoms with van der Waals surface area (Å²) in [6, 6.07) is 9.53. The molecule has 2 rings (SSSR count). The largest absolute Gasteiger partial charge is 0.311 e. The molecule has 118 valence electrons. The summed E-state index contributed by atoms with van der Waals surface area (Å²) in [5.74, 6) is 1.42. The van der Waals surface area contributed by atoms with Crippen LogP contribution in [0.4, 0.5) is 0 Å². The van der Waals surface area contributed by atoms with Gasteiger partial charge in [0.1, 0.15) is 0 Å². The van der Waals surface area contributed by atoms with Gasteiger partial charge in [-0.1, -0.05) is 51.4 Å². The first-order valence-electron chi connectivity index (χ1n) is 8.17. The van der Waals surface area contributed by atoms with Crippen LogP contribution in [-0.2, 0) is 6.54 Å². The molecule has 1 aromatic carbocycles. The Kier molecular flexibility index (Phi) is 6.09. The van der Waals surface area contributed by atoms with Crippen LogP contribution in [0.3, 0.4) is 0 Å². The summed E-state index contributed by atoms with van der Waals surface area (Å²) in [5.41, 5.74) is 1.36. The van der Waals surface area contributed by atoms with Crippen molar-refractivity contribution in [2.45, 2.75) is 52.7 Å². The number of rotatable bonds is 5. The van der Waals surface area contributed by atoms with Gasteiger partial charge in [0.2, 0.25) is 0 Å². The monoisotopic (exact) mass is 308 g/mol. The molecule has 2 atom stereocenters. The van der Waals surface area contributed by atoms with Gasteiger partial charge in [-0.2, -0.15) is 0 Å². The maximum Gasteiger partial charge on any atom is 0.0406 e. The average molecular weight is 309 g/mol. The highest BCUT2D eigenvalue weighted by Crippen LogP contribution is 2.21. The van der Waals surface area contributed by atoms with E-state index in [2.05, 4.69) is 50.0 Å². The van der Waals surface area contributed by atoms with E-state index in [1.807, 2.05) is 12.1 Å². The van der Waals surface area contributed by atoms with Crippen LogP contribution in [0.5, 0.6) is 0 Å². The third-order valence-corrected chi connectivity index (χ3v) is 4.62. The fourth-order valence-electron chi connectivity index (χ4n) is 3.29. The van der Waals surface area contributed by atoms with Crippen LogP contribution in [0.2, 0.25) is 5.02 Å². The van der Waals surface area contributed by atoms with Gasteiger partial charge in [0.25, 0.3) is 0 Å². The molecule has 0 spiro atoms. The summed E-state index contributed by atoms with van der Waals surface area (Å²) in [6.07, 6.45) is 1.25. The quantitative estimate of drug-likeness (QED) is 0.877. The summed E-state index contributed by atoms with van der Waals surface area (Å²) in [6.45, 7) is 12.5. The first kappa shape index (κ1) is 16.8. The van der Waals surface area contributed by atoms with Gasteiger partial charge < -0.3 is 5.32 Å². The standard InChI is InChI=1S/C18H29ClN2/c1-13(2)9-17-12-21(18(10-20-17)14(3)4)11-15-5-7-16(19)8-6-15/h5-8,13-14,17-18,20H,9-12H2,1-4H3. The summed E-state index contributed by atoms with van der Waals surface area (Å²) in [7, 11) is 0. The minimum absolute atomic E-state index is 0.615. The fourth-order valence-corrected chi connectivity index (χ4v) is 3.42. The van der Waals surface area contributed by atoms with E-state index in [0.717, 1.165) is 30.6 Å². The van der Waals surface area contributed by atoms with Crippen molar-refractivity contribution in [2.24, 2.45) is 11.8 Å². The molecule has 1 heterocycles. The molecule has 1 aliphatic heterocycles.